The van der Waals surface area contributed by atoms with Gasteiger partial charge in [0.15, 0.2) is 0 Å². The van der Waals surface area contributed by atoms with E-state index >= 15 is 0 Å². The normalized spacial score (nSPS) is 32.9. The Balaban J connectivity index is 2.88. The van der Waals surface area contributed by atoms with Crippen LogP contribution in [-0.2, 0) is 0 Å². The number of rotatable bonds is 7. The van der Waals surface area contributed by atoms with Crippen LogP contribution in [0, 0.1) is 40.4 Å². The Kier molecular flexibility index (Phi) is 5.78. The van der Waals surface area contributed by atoms with Gasteiger partial charge in [-0.2, -0.15) is 0 Å². The molecule has 0 radical (unpaired) electrons. The minimum Gasteiger partial charge on any atom is -0.0651 e. The van der Waals surface area contributed by atoms with Crippen LogP contribution in [0.4, 0.5) is 0 Å². The zero-order valence-electron chi connectivity index (χ0n) is 15.7. The molecule has 1 rings (SSSR count). The molecular weight excluding hydrogens is 240 g/mol. The van der Waals surface area contributed by atoms with Crippen molar-refractivity contribution in [1.29, 1.82) is 0 Å². The lowest BCUT2D eigenvalue weighted by Crippen LogP contribution is -2.52. The summed E-state index contributed by atoms with van der Waals surface area (Å²) in [5, 5.41) is 0. The average molecular weight is 281 g/mol. The molecule has 1 aliphatic carbocycles. The molecule has 0 heterocycles. The summed E-state index contributed by atoms with van der Waals surface area (Å²) in [6, 6.07) is 0. The van der Waals surface area contributed by atoms with Crippen molar-refractivity contribution in [3.05, 3.63) is 0 Å². The zero-order chi connectivity index (χ0) is 15.7. The SMILES string of the molecule is CCC(CC(C)(CC)CC)C(C)(C)C1C(C)C(C)C1C. The van der Waals surface area contributed by atoms with E-state index in [0.717, 1.165) is 29.6 Å². The van der Waals surface area contributed by atoms with Crippen LogP contribution in [0.5, 0.6) is 0 Å². The number of hydrogen-bond donors (Lipinski definition) is 0. The quantitative estimate of drug-likeness (QED) is 0.481. The second-order valence-electron chi connectivity index (χ2n) is 8.75. The van der Waals surface area contributed by atoms with Crippen LogP contribution < -0.4 is 0 Å². The Morgan fingerprint density at radius 2 is 1.25 bits per heavy atom. The van der Waals surface area contributed by atoms with Gasteiger partial charge in [-0.1, -0.05) is 81.6 Å². The first kappa shape index (κ1) is 18.1. The molecule has 0 bridgehead atoms. The Morgan fingerprint density at radius 1 is 0.800 bits per heavy atom. The highest BCUT2D eigenvalue weighted by atomic mass is 14.6. The van der Waals surface area contributed by atoms with Crippen LogP contribution in [-0.4, -0.2) is 0 Å². The standard InChI is InChI=1S/C20H40/c1-10-17(13-20(9,11-2)12-3)19(7,8)18-15(5)14(4)16(18)6/h14-18H,10-13H2,1-9H3. The van der Waals surface area contributed by atoms with Gasteiger partial charge in [-0.05, 0) is 46.8 Å². The fraction of sp³-hybridized carbons (Fsp3) is 1.00. The van der Waals surface area contributed by atoms with Gasteiger partial charge in [0.05, 0.1) is 0 Å². The average Bonchev–Trinajstić information content (AvgIpc) is 2.43. The highest BCUT2D eigenvalue weighted by molar-refractivity contribution is 5.00. The molecule has 0 aromatic heterocycles. The van der Waals surface area contributed by atoms with Crippen molar-refractivity contribution in [2.75, 3.05) is 0 Å². The molecule has 120 valence electrons. The summed E-state index contributed by atoms with van der Waals surface area (Å²) in [7, 11) is 0. The minimum absolute atomic E-state index is 0.492. The van der Waals surface area contributed by atoms with Crippen molar-refractivity contribution >= 4 is 0 Å². The first-order valence-electron chi connectivity index (χ1n) is 9.14. The van der Waals surface area contributed by atoms with Crippen molar-refractivity contribution in [2.24, 2.45) is 40.4 Å². The molecule has 0 saturated heterocycles. The summed E-state index contributed by atoms with van der Waals surface area (Å²) >= 11 is 0. The molecule has 0 aromatic rings. The molecule has 20 heavy (non-hydrogen) atoms. The Hall–Kier alpha value is 0. The van der Waals surface area contributed by atoms with E-state index in [4.69, 9.17) is 0 Å². The van der Waals surface area contributed by atoms with E-state index in [1.807, 2.05) is 0 Å². The summed E-state index contributed by atoms with van der Waals surface area (Å²) in [6.07, 6.45) is 5.39. The lowest BCUT2D eigenvalue weighted by Gasteiger charge is -2.58. The highest BCUT2D eigenvalue weighted by Crippen LogP contribution is 2.58. The molecule has 1 saturated carbocycles. The molecule has 3 unspecified atom stereocenters. The van der Waals surface area contributed by atoms with Crippen LogP contribution in [0.1, 0.15) is 88.0 Å². The fourth-order valence-corrected chi connectivity index (χ4v) is 5.16. The van der Waals surface area contributed by atoms with Gasteiger partial charge in [0.1, 0.15) is 0 Å². The molecular formula is C20H40. The van der Waals surface area contributed by atoms with Gasteiger partial charge < -0.3 is 0 Å². The van der Waals surface area contributed by atoms with Crippen molar-refractivity contribution in [3.8, 4) is 0 Å². The Labute approximate surface area is 129 Å². The Morgan fingerprint density at radius 3 is 1.60 bits per heavy atom. The first-order chi connectivity index (χ1) is 9.14. The molecule has 1 aliphatic rings. The van der Waals surface area contributed by atoms with E-state index in [9.17, 15) is 0 Å². The molecule has 1 fully saturated rings. The largest absolute Gasteiger partial charge is 0.0651 e. The molecule has 0 aliphatic heterocycles. The molecule has 0 heteroatoms. The maximum atomic E-state index is 2.57. The van der Waals surface area contributed by atoms with Gasteiger partial charge in [0.25, 0.3) is 0 Å². The third-order valence-corrected chi connectivity index (χ3v) is 7.64. The summed E-state index contributed by atoms with van der Waals surface area (Å²) in [4.78, 5) is 0. The summed E-state index contributed by atoms with van der Waals surface area (Å²) in [5.41, 5.74) is 1.03. The van der Waals surface area contributed by atoms with Crippen molar-refractivity contribution in [2.45, 2.75) is 88.0 Å². The van der Waals surface area contributed by atoms with Crippen LogP contribution in [0.3, 0.4) is 0 Å². The summed E-state index contributed by atoms with van der Waals surface area (Å²) in [5.74, 6) is 4.52. The topological polar surface area (TPSA) is 0 Å². The molecule has 0 aromatic carbocycles. The van der Waals surface area contributed by atoms with Crippen LogP contribution in [0.15, 0.2) is 0 Å². The van der Waals surface area contributed by atoms with Crippen LogP contribution in [0.2, 0.25) is 0 Å². The summed E-state index contributed by atoms with van der Waals surface area (Å²) in [6.45, 7) is 22.2. The Bertz CT molecular complexity index is 287. The van der Waals surface area contributed by atoms with Crippen molar-refractivity contribution in [3.63, 3.8) is 0 Å². The highest BCUT2D eigenvalue weighted by Gasteiger charge is 2.52. The van der Waals surface area contributed by atoms with E-state index in [2.05, 4.69) is 62.3 Å². The number of hydrogen-bond acceptors (Lipinski definition) is 0. The molecule has 3 atom stereocenters. The third-order valence-electron chi connectivity index (χ3n) is 7.64. The zero-order valence-corrected chi connectivity index (χ0v) is 15.7. The van der Waals surface area contributed by atoms with Gasteiger partial charge in [-0.25, -0.2) is 0 Å². The molecule has 0 amide bonds. The van der Waals surface area contributed by atoms with E-state index in [0.29, 0.717) is 10.8 Å². The van der Waals surface area contributed by atoms with E-state index in [1.54, 1.807) is 0 Å². The van der Waals surface area contributed by atoms with Gasteiger partial charge in [0, 0.05) is 0 Å². The fourth-order valence-electron chi connectivity index (χ4n) is 5.16. The van der Waals surface area contributed by atoms with Crippen molar-refractivity contribution in [1.82, 2.24) is 0 Å². The molecule has 0 spiro atoms. The van der Waals surface area contributed by atoms with Crippen LogP contribution >= 0.6 is 0 Å². The van der Waals surface area contributed by atoms with Gasteiger partial charge in [-0.15, -0.1) is 0 Å². The minimum atomic E-state index is 0.492. The molecule has 0 nitrogen and oxygen atoms in total. The van der Waals surface area contributed by atoms with E-state index in [-0.39, 0.29) is 0 Å². The van der Waals surface area contributed by atoms with Gasteiger partial charge in [0.2, 0.25) is 0 Å². The van der Waals surface area contributed by atoms with E-state index in [1.165, 1.54) is 25.7 Å². The first-order valence-corrected chi connectivity index (χ1v) is 9.14. The second-order valence-corrected chi connectivity index (χ2v) is 8.75. The molecule has 0 N–H and O–H groups in total. The van der Waals surface area contributed by atoms with E-state index < -0.39 is 0 Å². The monoisotopic (exact) mass is 280 g/mol. The smallest absolute Gasteiger partial charge is 0.0292 e. The second kappa shape index (κ2) is 6.41. The lowest BCUT2D eigenvalue weighted by molar-refractivity contribution is -0.100. The lowest BCUT2D eigenvalue weighted by atomic mass is 9.47. The van der Waals surface area contributed by atoms with Gasteiger partial charge in [-0.3, -0.25) is 0 Å². The summed E-state index contributed by atoms with van der Waals surface area (Å²) < 4.78 is 0. The van der Waals surface area contributed by atoms with Gasteiger partial charge >= 0.3 is 0 Å². The predicted molar refractivity (Wildman–Crippen MR) is 91.9 cm³/mol. The third kappa shape index (κ3) is 3.09. The predicted octanol–water partition coefficient (Wildman–Crippen LogP) is 6.79. The maximum absolute atomic E-state index is 2.57. The van der Waals surface area contributed by atoms with Crippen LogP contribution in [0.25, 0.3) is 0 Å². The maximum Gasteiger partial charge on any atom is -0.0292 e. The van der Waals surface area contributed by atoms with Crippen molar-refractivity contribution < 1.29 is 0 Å².